The fraction of sp³-hybridized carbons (Fsp3) is 0.130. The number of hydrogen-bond acceptors (Lipinski definition) is 3. The van der Waals surface area contributed by atoms with Crippen molar-refractivity contribution in [3.63, 3.8) is 0 Å². The van der Waals surface area contributed by atoms with E-state index in [1.54, 1.807) is 7.11 Å². The standard InChI is InChI=1S/C23H20ClN3O2/c1-29-19-12-6-16(7-13-19)14-25-22(28)15-27-21-5-3-2-4-20(21)26-23(27)17-8-10-18(24)11-9-17/h2-13H,14-15H2,1H3,(H,25,28). The first kappa shape index (κ1) is 19.0. The van der Waals surface area contributed by atoms with Gasteiger partial charge < -0.3 is 14.6 Å². The Morgan fingerprint density at radius 3 is 2.48 bits per heavy atom. The zero-order valence-corrected chi connectivity index (χ0v) is 16.7. The lowest BCUT2D eigenvalue weighted by Gasteiger charge is -2.11. The van der Waals surface area contributed by atoms with Crippen LogP contribution in [0, 0.1) is 0 Å². The molecule has 0 saturated carbocycles. The first-order valence-corrected chi connectivity index (χ1v) is 9.62. The summed E-state index contributed by atoms with van der Waals surface area (Å²) in [6.07, 6.45) is 0. The van der Waals surface area contributed by atoms with Crippen LogP contribution in [0.1, 0.15) is 5.56 Å². The minimum atomic E-state index is -0.0841. The van der Waals surface area contributed by atoms with Crippen molar-refractivity contribution in [2.75, 3.05) is 7.11 Å². The van der Waals surface area contributed by atoms with E-state index in [9.17, 15) is 4.79 Å². The van der Waals surface area contributed by atoms with E-state index in [-0.39, 0.29) is 12.5 Å². The van der Waals surface area contributed by atoms with Gasteiger partial charge in [0.1, 0.15) is 18.1 Å². The van der Waals surface area contributed by atoms with Crippen molar-refractivity contribution in [1.29, 1.82) is 0 Å². The molecule has 29 heavy (non-hydrogen) atoms. The average molecular weight is 406 g/mol. The predicted octanol–water partition coefficient (Wildman–Crippen LogP) is 4.68. The number of aromatic nitrogens is 2. The smallest absolute Gasteiger partial charge is 0.240 e. The number of carbonyl (C=O) groups is 1. The molecule has 6 heteroatoms. The maximum absolute atomic E-state index is 12.7. The van der Waals surface area contributed by atoms with E-state index in [2.05, 4.69) is 5.32 Å². The molecule has 0 aliphatic carbocycles. The lowest BCUT2D eigenvalue weighted by Crippen LogP contribution is -2.27. The summed E-state index contributed by atoms with van der Waals surface area (Å²) in [5.74, 6) is 1.44. The van der Waals surface area contributed by atoms with Gasteiger partial charge in [-0.1, -0.05) is 35.9 Å². The molecular formula is C23H20ClN3O2. The Morgan fingerprint density at radius 1 is 1.03 bits per heavy atom. The largest absolute Gasteiger partial charge is 0.497 e. The Labute approximate surface area is 173 Å². The van der Waals surface area contributed by atoms with Crippen molar-refractivity contribution in [2.45, 2.75) is 13.1 Å². The molecule has 0 aliphatic heterocycles. The van der Waals surface area contributed by atoms with E-state index < -0.39 is 0 Å². The Hall–Kier alpha value is -3.31. The van der Waals surface area contributed by atoms with Crippen molar-refractivity contribution >= 4 is 28.5 Å². The fourth-order valence-corrected chi connectivity index (χ4v) is 3.32. The number of halogens is 1. The third kappa shape index (κ3) is 4.25. The van der Waals surface area contributed by atoms with Crippen LogP contribution in [-0.4, -0.2) is 22.6 Å². The molecule has 0 spiro atoms. The molecule has 1 N–H and O–H groups in total. The van der Waals surface area contributed by atoms with Gasteiger partial charge in [0.15, 0.2) is 0 Å². The van der Waals surface area contributed by atoms with E-state index in [1.807, 2.05) is 77.4 Å². The molecule has 0 atom stereocenters. The SMILES string of the molecule is COc1ccc(CNC(=O)Cn2c(-c3ccc(Cl)cc3)nc3ccccc32)cc1. The van der Waals surface area contributed by atoms with Crippen LogP contribution in [0.15, 0.2) is 72.8 Å². The van der Waals surface area contributed by atoms with Crippen LogP contribution in [0.5, 0.6) is 5.75 Å². The van der Waals surface area contributed by atoms with Crippen LogP contribution < -0.4 is 10.1 Å². The lowest BCUT2D eigenvalue weighted by atomic mass is 10.2. The van der Waals surface area contributed by atoms with Crippen LogP contribution in [0.2, 0.25) is 5.02 Å². The molecular weight excluding hydrogens is 386 g/mol. The van der Waals surface area contributed by atoms with Gasteiger partial charge in [-0.2, -0.15) is 0 Å². The predicted molar refractivity (Wildman–Crippen MR) is 115 cm³/mol. The van der Waals surface area contributed by atoms with E-state index >= 15 is 0 Å². The third-order valence-corrected chi connectivity index (χ3v) is 4.96. The number of amides is 1. The summed E-state index contributed by atoms with van der Waals surface area (Å²) in [4.78, 5) is 17.4. The molecule has 146 valence electrons. The Kier molecular flexibility index (Phi) is 5.49. The molecule has 0 radical (unpaired) electrons. The number of nitrogens with one attached hydrogen (secondary N) is 1. The number of nitrogens with zero attached hydrogens (tertiary/aromatic N) is 2. The molecule has 4 aromatic rings. The van der Waals surface area contributed by atoms with Gasteiger partial charge in [-0.05, 0) is 54.1 Å². The number of rotatable bonds is 6. The normalized spacial score (nSPS) is 10.8. The van der Waals surface area contributed by atoms with Crippen molar-refractivity contribution < 1.29 is 9.53 Å². The topological polar surface area (TPSA) is 56.1 Å². The lowest BCUT2D eigenvalue weighted by molar-refractivity contribution is -0.121. The molecule has 0 aliphatic rings. The molecule has 1 heterocycles. The second kappa shape index (κ2) is 8.37. The number of carbonyl (C=O) groups excluding carboxylic acids is 1. The molecule has 4 rings (SSSR count). The van der Waals surface area contributed by atoms with Gasteiger partial charge in [0.25, 0.3) is 0 Å². The number of imidazole rings is 1. The van der Waals surface area contributed by atoms with Gasteiger partial charge in [-0.3, -0.25) is 4.79 Å². The number of para-hydroxylation sites is 2. The molecule has 0 saturated heterocycles. The number of ether oxygens (including phenoxy) is 1. The monoisotopic (exact) mass is 405 g/mol. The zero-order chi connectivity index (χ0) is 20.2. The minimum Gasteiger partial charge on any atom is -0.497 e. The Bertz CT molecular complexity index is 1140. The molecule has 1 amide bonds. The summed E-state index contributed by atoms with van der Waals surface area (Å²) >= 11 is 6.02. The maximum atomic E-state index is 12.7. The first-order chi connectivity index (χ1) is 14.1. The highest BCUT2D eigenvalue weighted by Crippen LogP contribution is 2.26. The van der Waals surface area contributed by atoms with Crippen LogP contribution in [0.3, 0.4) is 0 Å². The molecule has 0 unspecified atom stereocenters. The van der Waals surface area contributed by atoms with Gasteiger partial charge in [-0.25, -0.2) is 4.98 Å². The molecule has 3 aromatic carbocycles. The highest BCUT2D eigenvalue weighted by molar-refractivity contribution is 6.30. The van der Waals surface area contributed by atoms with Gasteiger partial charge >= 0.3 is 0 Å². The molecule has 1 aromatic heterocycles. The number of benzene rings is 3. The second-order valence-electron chi connectivity index (χ2n) is 6.64. The van der Waals surface area contributed by atoms with Gasteiger partial charge in [0.05, 0.1) is 18.1 Å². The molecule has 5 nitrogen and oxygen atoms in total. The third-order valence-electron chi connectivity index (χ3n) is 4.71. The van der Waals surface area contributed by atoms with Crippen molar-refractivity contribution in [1.82, 2.24) is 14.9 Å². The molecule has 0 bridgehead atoms. The molecule has 0 fully saturated rings. The van der Waals surface area contributed by atoms with E-state index in [0.29, 0.717) is 11.6 Å². The summed E-state index contributed by atoms with van der Waals surface area (Å²) in [6.45, 7) is 0.625. The van der Waals surface area contributed by atoms with Crippen LogP contribution >= 0.6 is 11.6 Å². The van der Waals surface area contributed by atoms with E-state index in [1.165, 1.54) is 0 Å². The van der Waals surface area contributed by atoms with Gasteiger partial charge in [0, 0.05) is 17.1 Å². The first-order valence-electron chi connectivity index (χ1n) is 9.25. The van der Waals surface area contributed by atoms with Crippen LogP contribution in [0.25, 0.3) is 22.4 Å². The van der Waals surface area contributed by atoms with Crippen molar-refractivity contribution in [2.24, 2.45) is 0 Å². The summed E-state index contributed by atoms with van der Waals surface area (Å²) in [7, 11) is 1.63. The summed E-state index contributed by atoms with van der Waals surface area (Å²) < 4.78 is 7.09. The average Bonchev–Trinajstić information content (AvgIpc) is 3.11. The highest BCUT2D eigenvalue weighted by atomic mass is 35.5. The van der Waals surface area contributed by atoms with Gasteiger partial charge in [0.2, 0.25) is 5.91 Å². The summed E-state index contributed by atoms with van der Waals surface area (Å²) in [6, 6.07) is 22.9. The summed E-state index contributed by atoms with van der Waals surface area (Å²) in [5, 5.41) is 3.64. The number of methoxy groups -OCH3 is 1. The Balaban J connectivity index is 1.56. The van der Waals surface area contributed by atoms with Crippen LogP contribution in [0.4, 0.5) is 0 Å². The van der Waals surface area contributed by atoms with E-state index in [4.69, 9.17) is 21.3 Å². The zero-order valence-electron chi connectivity index (χ0n) is 15.9. The summed E-state index contributed by atoms with van der Waals surface area (Å²) in [5.41, 5.74) is 3.68. The minimum absolute atomic E-state index is 0.0841. The number of hydrogen-bond donors (Lipinski definition) is 1. The highest BCUT2D eigenvalue weighted by Gasteiger charge is 2.15. The maximum Gasteiger partial charge on any atom is 0.240 e. The van der Waals surface area contributed by atoms with Crippen molar-refractivity contribution in [3.8, 4) is 17.1 Å². The van der Waals surface area contributed by atoms with Gasteiger partial charge in [-0.15, -0.1) is 0 Å². The van der Waals surface area contributed by atoms with Crippen molar-refractivity contribution in [3.05, 3.63) is 83.4 Å². The van der Waals surface area contributed by atoms with Crippen LogP contribution in [-0.2, 0) is 17.9 Å². The Morgan fingerprint density at radius 2 is 1.76 bits per heavy atom. The number of fused-ring (bicyclic) bond motifs is 1. The fourth-order valence-electron chi connectivity index (χ4n) is 3.20. The quantitative estimate of drug-likeness (QED) is 0.506. The second-order valence-corrected chi connectivity index (χ2v) is 7.08. The van der Waals surface area contributed by atoms with E-state index in [0.717, 1.165) is 33.7 Å².